The highest BCUT2D eigenvalue weighted by Gasteiger charge is 2.18. The van der Waals surface area contributed by atoms with Crippen LogP contribution >= 0.6 is 0 Å². The van der Waals surface area contributed by atoms with Crippen molar-refractivity contribution in [2.24, 2.45) is 0 Å². The van der Waals surface area contributed by atoms with E-state index in [-0.39, 0.29) is 12.5 Å². The maximum Gasteiger partial charge on any atom is 0.260 e. The summed E-state index contributed by atoms with van der Waals surface area (Å²) in [5.74, 6) is 1.42. The number of ether oxygens (including phenoxy) is 2. The van der Waals surface area contributed by atoms with Crippen LogP contribution in [0, 0.1) is 6.92 Å². The van der Waals surface area contributed by atoms with Crippen LogP contribution in [0.2, 0.25) is 0 Å². The van der Waals surface area contributed by atoms with Crippen LogP contribution < -0.4 is 4.74 Å². The van der Waals surface area contributed by atoms with Crippen molar-refractivity contribution in [3.05, 3.63) is 30.0 Å². The summed E-state index contributed by atoms with van der Waals surface area (Å²) < 4.78 is 16.5. The molecule has 0 N–H and O–H groups in total. The van der Waals surface area contributed by atoms with Gasteiger partial charge in [-0.05, 0) is 19.1 Å². The highest BCUT2D eigenvalue weighted by atomic mass is 16.5. The second-order valence-corrected chi connectivity index (χ2v) is 4.81. The number of amides is 1. The minimum atomic E-state index is -0.0198. The smallest absolute Gasteiger partial charge is 0.260 e. The van der Waals surface area contributed by atoms with Crippen LogP contribution in [0.25, 0.3) is 11.0 Å². The van der Waals surface area contributed by atoms with Crippen LogP contribution in [0.4, 0.5) is 0 Å². The molecular formula is C15H17NO4. The first-order valence-corrected chi connectivity index (χ1v) is 6.71. The molecule has 0 saturated carbocycles. The summed E-state index contributed by atoms with van der Waals surface area (Å²) >= 11 is 0. The molecule has 2 aromatic rings. The Bertz CT molecular complexity index is 613. The molecule has 20 heavy (non-hydrogen) atoms. The molecule has 1 aromatic heterocycles. The topological polar surface area (TPSA) is 51.9 Å². The lowest BCUT2D eigenvalue weighted by Crippen LogP contribution is -2.42. The average Bonchev–Trinajstić information content (AvgIpc) is 2.86. The van der Waals surface area contributed by atoms with E-state index in [0.717, 1.165) is 11.1 Å². The van der Waals surface area contributed by atoms with Crippen LogP contribution in [0.3, 0.4) is 0 Å². The van der Waals surface area contributed by atoms with Gasteiger partial charge in [-0.2, -0.15) is 0 Å². The molecular weight excluding hydrogens is 258 g/mol. The van der Waals surface area contributed by atoms with Gasteiger partial charge in [0.2, 0.25) is 0 Å². The van der Waals surface area contributed by atoms with E-state index in [1.807, 2.05) is 31.2 Å². The van der Waals surface area contributed by atoms with Gasteiger partial charge in [-0.1, -0.05) is 12.1 Å². The van der Waals surface area contributed by atoms with E-state index in [4.69, 9.17) is 13.9 Å². The van der Waals surface area contributed by atoms with Crippen molar-refractivity contribution in [3.8, 4) is 5.75 Å². The fourth-order valence-electron chi connectivity index (χ4n) is 2.32. The van der Waals surface area contributed by atoms with E-state index >= 15 is 0 Å². The molecule has 5 nitrogen and oxygen atoms in total. The summed E-state index contributed by atoms with van der Waals surface area (Å²) in [6.07, 6.45) is 0. The Hall–Kier alpha value is -2.01. The number of hydrogen-bond acceptors (Lipinski definition) is 4. The van der Waals surface area contributed by atoms with Crippen molar-refractivity contribution >= 4 is 16.9 Å². The lowest BCUT2D eigenvalue weighted by molar-refractivity contribution is -0.137. The molecule has 1 fully saturated rings. The third-order valence-electron chi connectivity index (χ3n) is 3.35. The van der Waals surface area contributed by atoms with Crippen LogP contribution in [0.1, 0.15) is 5.76 Å². The number of carbonyl (C=O) groups excluding carboxylic acids is 1. The molecule has 0 radical (unpaired) electrons. The molecule has 1 amide bonds. The Morgan fingerprint density at radius 1 is 1.35 bits per heavy atom. The first-order valence-electron chi connectivity index (χ1n) is 6.71. The van der Waals surface area contributed by atoms with Crippen molar-refractivity contribution in [1.29, 1.82) is 0 Å². The second kappa shape index (κ2) is 5.54. The Kier molecular flexibility index (Phi) is 3.60. The maximum atomic E-state index is 12.0. The van der Waals surface area contributed by atoms with Gasteiger partial charge in [0.05, 0.1) is 13.2 Å². The number of morpholine rings is 1. The van der Waals surface area contributed by atoms with Crippen LogP contribution in [-0.4, -0.2) is 43.7 Å². The van der Waals surface area contributed by atoms with Crippen molar-refractivity contribution in [3.63, 3.8) is 0 Å². The Balaban J connectivity index is 1.68. The fourth-order valence-corrected chi connectivity index (χ4v) is 2.32. The van der Waals surface area contributed by atoms with E-state index in [1.165, 1.54) is 0 Å². The number of hydrogen-bond donors (Lipinski definition) is 0. The van der Waals surface area contributed by atoms with Crippen molar-refractivity contribution < 1.29 is 18.7 Å². The van der Waals surface area contributed by atoms with Gasteiger partial charge in [0.1, 0.15) is 5.76 Å². The average molecular weight is 275 g/mol. The third-order valence-corrected chi connectivity index (χ3v) is 3.35. The Morgan fingerprint density at radius 3 is 2.95 bits per heavy atom. The zero-order valence-electron chi connectivity index (χ0n) is 11.4. The van der Waals surface area contributed by atoms with Gasteiger partial charge < -0.3 is 18.8 Å². The van der Waals surface area contributed by atoms with Gasteiger partial charge in [-0.15, -0.1) is 0 Å². The lowest BCUT2D eigenvalue weighted by Gasteiger charge is -2.26. The normalized spacial score (nSPS) is 15.6. The number of nitrogens with zero attached hydrogens (tertiary/aromatic N) is 1. The summed E-state index contributed by atoms with van der Waals surface area (Å²) in [7, 11) is 0. The zero-order chi connectivity index (χ0) is 13.9. The third kappa shape index (κ3) is 2.63. The summed E-state index contributed by atoms with van der Waals surface area (Å²) in [5, 5.41) is 0.985. The van der Waals surface area contributed by atoms with Gasteiger partial charge in [0.25, 0.3) is 5.91 Å². The van der Waals surface area contributed by atoms with E-state index in [2.05, 4.69) is 0 Å². The van der Waals surface area contributed by atoms with Gasteiger partial charge >= 0.3 is 0 Å². The summed E-state index contributed by atoms with van der Waals surface area (Å²) in [4.78, 5) is 13.8. The van der Waals surface area contributed by atoms with Crippen molar-refractivity contribution in [2.75, 3.05) is 32.9 Å². The predicted molar refractivity (Wildman–Crippen MR) is 73.8 cm³/mol. The second-order valence-electron chi connectivity index (χ2n) is 4.81. The first kappa shape index (κ1) is 13.0. The Morgan fingerprint density at radius 2 is 2.15 bits per heavy atom. The fraction of sp³-hybridized carbons (Fsp3) is 0.400. The SMILES string of the molecule is Cc1cc2cccc(OCC(=O)N3CCOCC3)c2o1. The van der Waals surface area contributed by atoms with E-state index in [1.54, 1.807) is 4.90 Å². The number of furan rings is 1. The largest absolute Gasteiger partial charge is 0.480 e. The van der Waals surface area contributed by atoms with Gasteiger partial charge in [0, 0.05) is 18.5 Å². The number of para-hydroxylation sites is 1. The van der Waals surface area contributed by atoms with Crippen molar-refractivity contribution in [1.82, 2.24) is 4.90 Å². The van der Waals surface area contributed by atoms with Crippen molar-refractivity contribution in [2.45, 2.75) is 6.92 Å². The summed E-state index contributed by atoms with van der Waals surface area (Å²) in [5.41, 5.74) is 0.694. The molecule has 2 heterocycles. The monoisotopic (exact) mass is 275 g/mol. The number of carbonyl (C=O) groups is 1. The summed E-state index contributed by atoms with van der Waals surface area (Å²) in [6.45, 7) is 4.37. The maximum absolute atomic E-state index is 12.0. The molecule has 3 rings (SSSR count). The number of aryl methyl sites for hydroxylation is 1. The molecule has 106 valence electrons. The van der Waals surface area contributed by atoms with E-state index in [0.29, 0.717) is 37.6 Å². The van der Waals surface area contributed by atoms with Crippen LogP contribution in [0.5, 0.6) is 5.75 Å². The molecule has 0 aliphatic carbocycles. The van der Waals surface area contributed by atoms with E-state index < -0.39 is 0 Å². The van der Waals surface area contributed by atoms with Gasteiger partial charge in [-0.25, -0.2) is 0 Å². The molecule has 0 bridgehead atoms. The quantitative estimate of drug-likeness (QED) is 0.859. The molecule has 1 aliphatic heterocycles. The van der Waals surface area contributed by atoms with Crippen LogP contribution in [-0.2, 0) is 9.53 Å². The molecule has 1 aliphatic rings. The molecule has 0 unspecified atom stereocenters. The number of fused-ring (bicyclic) bond motifs is 1. The number of benzene rings is 1. The molecule has 0 atom stereocenters. The first-order chi connectivity index (χ1) is 9.74. The minimum absolute atomic E-state index is 0.0198. The Labute approximate surface area is 117 Å². The van der Waals surface area contributed by atoms with E-state index in [9.17, 15) is 4.79 Å². The molecule has 5 heteroatoms. The standard InChI is InChI=1S/C15H17NO4/c1-11-9-12-3-2-4-13(15(12)20-11)19-10-14(17)16-5-7-18-8-6-16/h2-4,9H,5-8,10H2,1H3. The highest BCUT2D eigenvalue weighted by molar-refractivity contribution is 5.84. The molecule has 1 saturated heterocycles. The minimum Gasteiger partial charge on any atom is -0.480 e. The van der Waals surface area contributed by atoms with Gasteiger partial charge in [-0.3, -0.25) is 4.79 Å². The highest BCUT2D eigenvalue weighted by Crippen LogP contribution is 2.28. The zero-order valence-corrected chi connectivity index (χ0v) is 11.4. The molecule has 0 spiro atoms. The van der Waals surface area contributed by atoms with Gasteiger partial charge in [0.15, 0.2) is 17.9 Å². The molecule has 1 aromatic carbocycles. The summed E-state index contributed by atoms with van der Waals surface area (Å²) in [6, 6.07) is 7.62. The van der Waals surface area contributed by atoms with Crippen LogP contribution in [0.15, 0.2) is 28.7 Å². The number of rotatable bonds is 3. The lowest BCUT2D eigenvalue weighted by atomic mass is 10.2. The predicted octanol–water partition coefficient (Wildman–Crippen LogP) is 1.98.